The predicted molar refractivity (Wildman–Crippen MR) is 85.0 cm³/mol. The van der Waals surface area contributed by atoms with Gasteiger partial charge in [-0.1, -0.05) is 0 Å². The lowest BCUT2D eigenvalue weighted by molar-refractivity contribution is 0.307. The smallest absolute Gasteiger partial charge is 0.244 e. The summed E-state index contributed by atoms with van der Waals surface area (Å²) in [5.41, 5.74) is 6.21. The summed E-state index contributed by atoms with van der Waals surface area (Å²) in [6, 6.07) is 0. The molecule has 1 aliphatic rings. The zero-order valence-corrected chi connectivity index (χ0v) is 14.1. The number of nitrogens with zero attached hydrogens (tertiary/aromatic N) is 1. The highest BCUT2D eigenvalue weighted by molar-refractivity contribution is 7.99. The summed E-state index contributed by atoms with van der Waals surface area (Å²) < 4.78 is 32.9. The molecule has 1 saturated heterocycles. The van der Waals surface area contributed by atoms with E-state index in [0.29, 0.717) is 23.6 Å². The maximum absolute atomic E-state index is 12.4. The van der Waals surface area contributed by atoms with E-state index in [9.17, 15) is 8.42 Å². The Labute approximate surface area is 130 Å². The molecular weight excluding hydrogens is 310 g/mol. The van der Waals surface area contributed by atoms with Crippen LogP contribution < -0.4 is 10.5 Å². The van der Waals surface area contributed by atoms with Gasteiger partial charge < -0.3 is 15.1 Å². The largest absolute Gasteiger partial charge is 0.465 e. The lowest BCUT2D eigenvalue weighted by Gasteiger charge is -2.25. The molecular formula is C13H23N3O3S2. The molecule has 1 aromatic rings. The number of hydrogen-bond donors (Lipinski definition) is 2. The minimum absolute atomic E-state index is 0.156. The van der Waals surface area contributed by atoms with Crippen molar-refractivity contribution in [3.05, 3.63) is 17.1 Å². The highest BCUT2D eigenvalue weighted by Crippen LogP contribution is 2.25. The Kier molecular flexibility index (Phi) is 5.73. The second kappa shape index (κ2) is 7.15. The van der Waals surface area contributed by atoms with Crippen molar-refractivity contribution in [2.45, 2.75) is 25.3 Å². The summed E-state index contributed by atoms with van der Waals surface area (Å²) in [7, 11) is -3.57. The average molecular weight is 333 g/mol. The Morgan fingerprint density at radius 2 is 1.95 bits per heavy atom. The summed E-state index contributed by atoms with van der Waals surface area (Å²) in [6.07, 6.45) is 0. The van der Waals surface area contributed by atoms with Gasteiger partial charge in [-0.25, -0.2) is 13.1 Å². The highest BCUT2D eigenvalue weighted by Gasteiger charge is 2.26. The van der Waals surface area contributed by atoms with Gasteiger partial charge in [0.1, 0.15) is 16.4 Å². The van der Waals surface area contributed by atoms with E-state index in [2.05, 4.69) is 9.62 Å². The zero-order chi connectivity index (χ0) is 15.5. The Hall–Kier alpha value is -0.540. The minimum atomic E-state index is -3.57. The van der Waals surface area contributed by atoms with Crippen molar-refractivity contribution in [1.29, 1.82) is 0 Å². The van der Waals surface area contributed by atoms with Crippen molar-refractivity contribution in [2.75, 3.05) is 37.7 Å². The van der Waals surface area contributed by atoms with Gasteiger partial charge in [-0.2, -0.15) is 11.8 Å². The summed E-state index contributed by atoms with van der Waals surface area (Å²) in [4.78, 5) is 2.48. The number of nitrogens with one attached hydrogen (secondary N) is 1. The van der Waals surface area contributed by atoms with Crippen LogP contribution in [-0.4, -0.2) is 51.0 Å². The molecule has 1 aromatic heterocycles. The minimum Gasteiger partial charge on any atom is -0.465 e. The topological polar surface area (TPSA) is 88.6 Å². The highest BCUT2D eigenvalue weighted by atomic mass is 32.2. The third-order valence-electron chi connectivity index (χ3n) is 3.62. The second-order valence-electron chi connectivity index (χ2n) is 5.08. The van der Waals surface area contributed by atoms with E-state index in [1.165, 1.54) is 0 Å². The van der Waals surface area contributed by atoms with Crippen LogP contribution in [0.2, 0.25) is 0 Å². The van der Waals surface area contributed by atoms with Crippen LogP contribution in [-0.2, 0) is 16.6 Å². The monoisotopic (exact) mass is 333 g/mol. The Morgan fingerprint density at radius 1 is 1.29 bits per heavy atom. The van der Waals surface area contributed by atoms with Crippen molar-refractivity contribution < 1.29 is 12.8 Å². The van der Waals surface area contributed by atoms with Gasteiger partial charge >= 0.3 is 0 Å². The van der Waals surface area contributed by atoms with E-state index >= 15 is 0 Å². The molecule has 2 rings (SSSR count). The van der Waals surface area contributed by atoms with E-state index in [1.54, 1.807) is 13.8 Å². The first kappa shape index (κ1) is 16.8. The van der Waals surface area contributed by atoms with E-state index in [0.717, 1.165) is 31.1 Å². The van der Waals surface area contributed by atoms with Crippen LogP contribution in [0.1, 0.15) is 17.1 Å². The van der Waals surface area contributed by atoms with Crippen LogP contribution in [0.15, 0.2) is 9.31 Å². The molecule has 0 saturated carbocycles. The molecule has 0 amide bonds. The van der Waals surface area contributed by atoms with E-state index in [4.69, 9.17) is 10.2 Å². The van der Waals surface area contributed by atoms with Gasteiger partial charge in [0.25, 0.3) is 0 Å². The SMILES string of the molecule is Cc1oc(C)c(S(=O)(=O)NCCN2CCSCC2)c1CN. The first-order chi connectivity index (χ1) is 9.95. The van der Waals surface area contributed by atoms with Crippen LogP contribution in [0.5, 0.6) is 0 Å². The lowest BCUT2D eigenvalue weighted by atomic mass is 10.2. The van der Waals surface area contributed by atoms with Gasteiger partial charge in [-0.15, -0.1) is 0 Å². The van der Waals surface area contributed by atoms with Crippen LogP contribution in [0.25, 0.3) is 0 Å². The molecule has 21 heavy (non-hydrogen) atoms. The third-order valence-corrected chi connectivity index (χ3v) is 6.22. The predicted octanol–water partition coefficient (Wildman–Crippen LogP) is 0.682. The first-order valence-corrected chi connectivity index (χ1v) is 9.68. The molecule has 2 heterocycles. The summed E-state index contributed by atoms with van der Waals surface area (Å²) in [5.74, 6) is 3.20. The summed E-state index contributed by atoms with van der Waals surface area (Å²) >= 11 is 1.94. The van der Waals surface area contributed by atoms with Crippen molar-refractivity contribution in [3.63, 3.8) is 0 Å². The molecule has 0 spiro atoms. The first-order valence-electron chi connectivity index (χ1n) is 7.04. The molecule has 0 atom stereocenters. The summed E-state index contributed by atoms with van der Waals surface area (Å²) in [5, 5.41) is 0. The quantitative estimate of drug-likeness (QED) is 0.796. The third kappa shape index (κ3) is 4.01. The number of rotatable bonds is 6. The molecule has 0 aliphatic carbocycles. The summed E-state index contributed by atoms with van der Waals surface area (Å²) in [6.45, 7) is 6.72. The number of furan rings is 1. The fraction of sp³-hybridized carbons (Fsp3) is 0.692. The maximum Gasteiger partial charge on any atom is 0.244 e. The Morgan fingerprint density at radius 3 is 2.57 bits per heavy atom. The number of thioether (sulfide) groups is 1. The normalized spacial score (nSPS) is 17.3. The molecule has 0 bridgehead atoms. The second-order valence-corrected chi connectivity index (χ2v) is 8.01. The molecule has 0 aromatic carbocycles. The van der Waals surface area contributed by atoms with Crippen molar-refractivity contribution in [3.8, 4) is 0 Å². The zero-order valence-electron chi connectivity index (χ0n) is 12.5. The number of nitrogens with two attached hydrogens (primary N) is 1. The molecule has 0 radical (unpaired) electrons. The fourth-order valence-corrected chi connectivity index (χ4v) is 4.99. The number of hydrogen-bond acceptors (Lipinski definition) is 6. The van der Waals surface area contributed by atoms with Gasteiger partial charge in [0.05, 0.1) is 0 Å². The molecule has 120 valence electrons. The lowest BCUT2D eigenvalue weighted by Crippen LogP contribution is -2.39. The molecule has 6 nitrogen and oxygen atoms in total. The Bertz CT molecular complexity index is 578. The molecule has 1 aliphatic heterocycles. The van der Waals surface area contributed by atoms with Crippen LogP contribution in [0.3, 0.4) is 0 Å². The van der Waals surface area contributed by atoms with Crippen molar-refractivity contribution in [1.82, 2.24) is 9.62 Å². The van der Waals surface area contributed by atoms with E-state index < -0.39 is 10.0 Å². The number of sulfonamides is 1. The van der Waals surface area contributed by atoms with E-state index in [-0.39, 0.29) is 11.4 Å². The average Bonchev–Trinajstić information content (AvgIpc) is 2.74. The standard InChI is InChI=1S/C13H23N3O3S2/c1-10-12(9-14)13(11(2)19-10)21(17,18)15-3-4-16-5-7-20-8-6-16/h15H,3-9,14H2,1-2H3. The van der Waals surface area contributed by atoms with Gasteiger partial charge in [0.2, 0.25) is 10.0 Å². The van der Waals surface area contributed by atoms with E-state index in [1.807, 2.05) is 11.8 Å². The van der Waals surface area contributed by atoms with Crippen molar-refractivity contribution in [2.24, 2.45) is 5.73 Å². The van der Waals surface area contributed by atoms with Crippen LogP contribution in [0.4, 0.5) is 0 Å². The van der Waals surface area contributed by atoms with Gasteiger partial charge in [0, 0.05) is 49.8 Å². The molecule has 3 N–H and O–H groups in total. The Balaban J connectivity index is 2.01. The van der Waals surface area contributed by atoms with Gasteiger partial charge in [0.15, 0.2) is 0 Å². The molecule has 1 fully saturated rings. The fourth-order valence-electron chi connectivity index (χ4n) is 2.53. The van der Waals surface area contributed by atoms with Gasteiger partial charge in [-0.3, -0.25) is 0 Å². The molecule has 8 heteroatoms. The van der Waals surface area contributed by atoms with Crippen molar-refractivity contribution >= 4 is 21.8 Å². The van der Waals surface area contributed by atoms with Crippen LogP contribution >= 0.6 is 11.8 Å². The number of aryl methyl sites for hydroxylation is 2. The van der Waals surface area contributed by atoms with Crippen LogP contribution in [0, 0.1) is 13.8 Å². The maximum atomic E-state index is 12.4. The van der Waals surface area contributed by atoms with Gasteiger partial charge in [-0.05, 0) is 13.8 Å². The molecule has 0 unspecified atom stereocenters.